The Morgan fingerprint density at radius 3 is 2.79 bits per heavy atom. The summed E-state index contributed by atoms with van der Waals surface area (Å²) in [7, 11) is 1.30. The summed E-state index contributed by atoms with van der Waals surface area (Å²) < 4.78 is 4.90. The van der Waals surface area contributed by atoms with E-state index in [0.29, 0.717) is 5.56 Å². The first-order chi connectivity index (χ1) is 9.06. The second kappa shape index (κ2) is 5.12. The molecule has 2 N–H and O–H groups in total. The summed E-state index contributed by atoms with van der Waals surface area (Å²) in [6.07, 6.45) is 1.99. The van der Waals surface area contributed by atoms with Crippen molar-refractivity contribution in [2.45, 2.75) is 24.9 Å². The highest BCUT2D eigenvalue weighted by molar-refractivity contribution is 5.58. The molecule has 1 aromatic rings. The van der Waals surface area contributed by atoms with Crippen molar-refractivity contribution in [3.63, 3.8) is 0 Å². The molecule has 1 aromatic carbocycles. The Morgan fingerprint density at radius 1 is 1.63 bits per heavy atom. The van der Waals surface area contributed by atoms with Crippen molar-refractivity contribution >= 4 is 5.69 Å². The van der Waals surface area contributed by atoms with Crippen molar-refractivity contribution in [3.8, 4) is 17.6 Å². The van der Waals surface area contributed by atoms with Gasteiger partial charge in [0.15, 0.2) is 5.75 Å². The molecule has 100 valence electrons. The monoisotopic (exact) mass is 263 g/mol. The number of nitriles is 1. The van der Waals surface area contributed by atoms with Gasteiger partial charge < -0.3 is 9.84 Å². The Kier molecular flexibility index (Phi) is 3.53. The van der Waals surface area contributed by atoms with Crippen LogP contribution in [0, 0.1) is 21.4 Å². The molecule has 1 saturated carbocycles. The Balaban J connectivity index is 2.41. The van der Waals surface area contributed by atoms with E-state index in [1.54, 1.807) is 0 Å². The Labute approximate surface area is 109 Å². The van der Waals surface area contributed by atoms with Crippen molar-refractivity contribution in [1.82, 2.24) is 5.32 Å². The number of nitrogens with zero attached hydrogens (tertiary/aromatic N) is 2. The van der Waals surface area contributed by atoms with Gasteiger partial charge in [0.2, 0.25) is 5.75 Å². The first-order valence-electron chi connectivity index (χ1n) is 5.77. The number of benzene rings is 1. The zero-order valence-electron chi connectivity index (χ0n) is 10.3. The smallest absolute Gasteiger partial charge is 0.315 e. The van der Waals surface area contributed by atoms with E-state index in [0.717, 1.165) is 12.8 Å². The molecule has 1 aliphatic carbocycles. The lowest BCUT2D eigenvalue weighted by atomic mass is 10.1. The molecule has 0 aliphatic heterocycles. The quantitative estimate of drug-likeness (QED) is 0.617. The minimum atomic E-state index is -0.701. The summed E-state index contributed by atoms with van der Waals surface area (Å²) in [4.78, 5) is 10.2. The molecule has 7 heteroatoms. The number of nitro groups is 1. The fraction of sp³-hybridized carbons (Fsp3) is 0.417. The SMILES string of the molecule is COc1cc(C(C#N)NC2CC2)cc([N+](=O)[O-])c1O. The maximum Gasteiger partial charge on any atom is 0.315 e. The van der Waals surface area contributed by atoms with Gasteiger partial charge in [-0.25, -0.2) is 0 Å². The maximum absolute atomic E-state index is 10.9. The largest absolute Gasteiger partial charge is 0.500 e. The van der Waals surface area contributed by atoms with Gasteiger partial charge in [-0.2, -0.15) is 5.26 Å². The van der Waals surface area contributed by atoms with E-state index in [1.165, 1.54) is 19.2 Å². The van der Waals surface area contributed by atoms with Gasteiger partial charge in [-0.3, -0.25) is 15.4 Å². The minimum absolute atomic E-state index is 0.0120. The highest BCUT2D eigenvalue weighted by atomic mass is 16.6. The van der Waals surface area contributed by atoms with Crippen LogP contribution in [0.4, 0.5) is 5.69 Å². The zero-order valence-corrected chi connectivity index (χ0v) is 10.3. The van der Waals surface area contributed by atoms with Crippen LogP contribution in [0.5, 0.6) is 11.5 Å². The summed E-state index contributed by atoms with van der Waals surface area (Å²) in [5.74, 6) is -0.540. The molecule has 2 rings (SSSR count). The van der Waals surface area contributed by atoms with Gasteiger partial charge in [0, 0.05) is 12.1 Å². The molecule has 0 heterocycles. The van der Waals surface area contributed by atoms with E-state index in [9.17, 15) is 15.2 Å². The predicted molar refractivity (Wildman–Crippen MR) is 65.8 cm³/mol. The number of methoxy groups -OCH3 is 1. The molecule has 0 spiro atoms. The summed E-state index contributed by atoms with van der Waals surface area (Å²) in [5.41, 5.74) is -0.0528. The normalized spacial score (nSPS) is 15.6. The number of ether oxygens (including phenoxy) is 1. The number of hydrogen-bond donors (Lipinski definition) is 2. The number of nitrogens with one attached hydrogen (secondary N) is 1. The number of phenols is 1. The summed E-state index contributed by atoms with van der Waals surface area (Å²) in [6, 6.07) is 4.32. The molecule has 0 aromatic heterocycles. The summed E-state index contributed by atoms with van der Waals surface area (Å²) in [5, 5.41) is 32.7. The van der Waals surface area contributed by atoms with Gasteiger partial charge in [0.05, 0.1) is 18.1 Å². The van der Waals surface area contributed by atoms with Crippen LogP contribution >= 0.6 is 0 Å². The molecule has 0 saturated heterocycles. The lowest BCUT2D eigenvalue weighted by molar-refractivity contribution is -0.386. The van der Waals surface area contributed by atoms with E-state index in [4.69, 9.17) is 10.00 Å². The van der Waals surface area contributed by atoms with Crippen molar-refractivity contribution in [1.29, 1.82) is 5.26 Å². The average molecular weight is 263 g/mol. The zero-order chi connectivity index (χ0) is 14.0. The van der Waals surface area contributed by atoms with E-state index < -0.39 is 22.4 Å². The molecule has 0 bridgehead atoms. The second-order valence-corrected chi connectivity index (χ2v) is 4.35. The molecule has 1 fully saturated rings. The van der Waals surface area contributed by atoms with Crippen LogP contribution in [-0.4, -0.2) is 23.2 Å². The van der Waals surface area contributed by atoms with Crippen LogP contribution in [0.1, 0.15) is 24.4 Å². The van der Waals surface area contributed by atoms with E-state index >= 15 is 0 Å². The molecule has 0 radical (unpaired) electrons. The van der Waals surface area contributed by atoms with Crippen molar-refractivity contribution in [2.75, 3.05) is 7.11 Å². The Bertz CT molecular complexity index is 549. The third kappa shape index (κ3) is 2.74. The highest BCUT2D eigenvalue weighted by Gasteiger charge is 2.28. The number of aromatic hydroxyl groups is 1. The fourth-order valence-corrected chi connectivity index (χ4v) is 1.77. The van der Waals surface area contributed by atoms with E-state index in [1.807, 2.05) is 0 Å². The molecule has 7 nitrogen and oxygen atoms in total. The van der Waals surface area contributed by atoms with Gasteiger partial charge in [-0.15, -0.1) is 0 Å². The summed E-state index contributed by atoms with van der Waals surface area (Å²) in [6.45, 7) is 0. The topological polar surface area (TPSA) is 108 Å². The van der Waals surface area contributed by atoms with Crippen LogP contribution in [-0.2, 0) is 0 Å². The predicted octanol–water partition coefficient (Wildman–Crippen LogP) is 1.63. The summed E-state index contributed by atoms with van der Waals surface area (Å²) >= 11 is 0. The van der Waals surface area contributed by atoms with E-state index in [2.05, 4.69) is 11.4 Å². The van der Waals surface area contributed by atoms with Gasteiger partial charge in [-0.05, 0) is 24.5 Å². The molecular weight excluding hydrogens is 250 g/mol. The third-order valence-corrected chi connectivity index (χ3v) is 2.94. The van der Waals surface area contributed by atoms with Crippen LogP contribution in [0.3, 0.4) is 0 Å². The van der Waals surface area contributed by atoms with Crippen LogP contribution in [0.15, 0.2) is 12.1 Å². The second-order valence-electron chi connectivity index (χ2n) is 4.35. The van der Waals surface area contributed by atoms with Crippen molar-refractivity contribution < 1.29 is 14.8 Å². The standard InChI is InChI=1S/C12H13N3O4/c1-19-11-5-7(4-10(12(11)16)15(17)18)9(6-13)14-8-2-3-8/h4-5,8-9,14,16H,2-3H2,1H3. The van der Waals surface area contributed by atoms with Crippen LogP contribution in [0.2, 0.25) is 0 Å². The third-order valence-electron chi connectivity index (χ3n) is 2.94. The Morgan fingerprint density at radius 2 is 2.32 bits per heavy atom. The molecule has 1 unspecified atom stereocenters. The fourth-order valence-electron chi connectivity index (χ4n) is 1.77. The molecule has 19 heavy (non-hydrogen) atoms. The van der Waals surface area contributed by atoms with Crippen molar-refractivity contribution in [2.24, 2.45) is 0 Å². The molecule has 1 aliphatic rings. The lowest BCUT2D eigenvalue weighted by Crippen LogP contribution is -2.22. The number of hydrogen-bond acceptors (Lipinski definition) is 6. The number of phenolic OH excluding ortho intramolecular Hbond substituents is 1. The Hall–Kier alpha value is -2.33. The number of rotatable bonds is 5. The van der Waals surface area contributed by atoms with Crippen molar-refractivity contribution in [3.05, 3.63) is 27.8 Å². The number of nitro benzene ring substituents is 1. The molecular formula is C12H13N3O4. The van der Waals surface area contributed by atoms with Crippen LogP contribution in [0.25, 0.3) is 0 Å². The van der Waals surface area contributed by atoms with Gasteiger partial charge in [0.25, 0.3) is 0 Å². The molecule has 0 amide bonds. The van der Waals surface area contributed by atoms with Gasteiger partial charge in [0.1, 0.15) is 6.04 Å². The lowest BCUT2D eigenvalue weighted by Gasteiger charge is -2.13. The highest BCUT2D eigenvalue weighted by Crippen LogP contribution is 2.38. The minimum Gasteiger partial charge on any atom is -0.500 e. The van der Waals surface area contributed by atoms with Gasteiger partial charge in [-0.1, -0.05) is 0 Å². The van der Waals surface area contributed by atoms with Crippen LogP contribution < -0.4 is 10.1 Å². The first kappa shape index (κ1) is 13.1. The average Bonchev–Trinajstić information content (AvgIpc) is 3.20. The first-order valence-corrected chi connectivity index (χ1v) is 5.77. The van der Waals surface area contributed by atoms with E-state index in [-0.39, 0.29) is 11.8 Å². The van der Waals surface area contributed by atoms with Gasteiger partial charge >= 0.3 is 5.69 Å². The maximum atomic E-state index is 10.9. The molecule has 1 atom stereocenters.